The zero-order chi connectivity index (χ0) is 22.7. The normalized spacial score (nSPS) is 29.5. The predicted molar refractivity (Wildman–Crippen MR) is 116 cm³/mol. The summed E-state index contributed by atoms with van der Waals surface area (Å²) in [6.45, 7) is 3.95. The van der Waals surface area contributed by atoms with Gasteiger partial charge in [0.05, 0.1) is 11.8 Å². The number of phenols is 1. The van der Waals surface area contributed by atoms with E-state index < -0.39 is 17.8 Å². The van der Waals surface area contributed by atoms with E-state index in [1.54, 1.807) is 31.2 Å². The minimum absolute atomic E-state index is 0.0434. The summed E-state index contributed by atoms with van der Waals surface area (Å²) in [6, 6.07) is 6.82. The molecule has 0 radical (unpaired) electrons. The Labute approximate surface area is 186 Å². The second kappa shape index (κ2) is 7.40. The van der Waals surface area contributed by atoms with Crippen molar-refractivity contribution in [2.45, 2.75) is 39.0 Å². The van der Waals surface area contributed by atoms with Crippen molar-refractivity contribution >= 4 is 23.4 Å². The highest BCUT2D eigenvalue weighted by Crippen LogP contribution is 2.55. The molecule has 1 N–H and O–H groups in total. The Morgan fingerprint density at radius 1 is 1.06 bits per heavy atom. The van der Waals surface area contributed by atoms with Gasteiger partial charge in [0, 0.05) is 34.7 Å². The molecule has 1 heterocycles. The van der Waals surface area contributed by atoms with Crippen LogP contribution >= 0.6 is 0 Å². The molecular formula is C26H25NO5. The Balaban J connectivity index is 1.69. The summed E-state index contributed by atoms with van der Waals surface area (Å²) >= 11 is 0. The van der Waals surface area contributed by atoms with Crippen LogP contribution in [0.3, 0.4) is 0 Å². The number of hydrogen-bond donors (Lipinski definition) is 1. The Morgan fingerprint density at radius 3 is 2.53 bits per heavy atom. The number of fused-ring (bicyclic) bond motifs is 3. The van der Waals surface area contributed by atoms with Gasteiger partial charge in [-0.3, -0.25) is 24.1 Å². The van der Waals surface area contributed by atoms with Crippen LogP contribution in [0, 0.1) is 17.8 Å². The van der Waals surface area contributed by atoms with Crippen molar-refractivity contribution in [3.8, 4) is 5.75 Å². The van der Waals surface area contributed by atoms with Crippen molar-refractivity contribution in [2.75, 3.05) is 6.54 Å². The molecule has 0 saturated carbocycles. The van der Waals surface area contributed by atoms with Crippen LogP contribution in [-0.4, -0.2) is 39.9 Å². The standard InChI is InChI=1S/C26H25NO5/c1-3-10-27-25(31)16-9-8-14-17(22(16)26(27)32)12-18-20(29)11-13(2)24(30)23(18)21(14)15-6-4-5-7-19(15)28/h4-8,11,16-17,21-22,28H,3,9-10,12H2,1-2H3/t16-,17+,21+,22-/m0/s1. The number of ketones is 2. The van der Waals surface area contributed by atoms with E-state index in [9.17, 15) is 24.3 Å². The van der Waals surface area contributed by atoms with Crippen LogP contribution in [0.15, 0.2) is 58.7 Å². The molecule has 3 aliphatic carbocycles. The molecule has 4 aliphatic rings. The smallest absolute Gasteiger partial charge is 0.233 e. The number of carbonyl (C=O) groups excluding carboxylic acids is 4. The first kappa shape index (κ1) is 20.6. The van der Waals surface area contributed by atoms with E-state index >= 15 is 0 Å². The molecule has 32 heavy (non-hydrogen) atoms. The second-order valence-electron chi connectivity index (χ2n) is 9.12. The number of amides is 2. The summed E-state index contributed by atoms with van der Waals surface area (Å²) in [5, 5.41) is 10.7. The lowest BCUT2D eigenvalue weighted by molar-refractivity contribution is -0.140. The van der Waals surface area contributed by atoms with Gasteiger partial charge in [0.25, 0.3) is 0 Å². The van der Waals surface area contributed by atoms with Crippen LogP contribution in [0.25, 0.3) is 0 Å². The van der Waals surface area contributed by atoms with Gasteiger partial charge in [0.1, 0.15) is 5.75 Å². The molecular weight excluding hydrogens is 406 g/mol. The molecule has 6 heteroatoms. The first-order chi connectivity index (χ1) is 15.3. The number of Topliss-reactive ketones (excluding diaryl/α,β-unsaturated/α-hetero) is 1. The highest BCUT2D eigenvalue weighted by atomic mass is 16.3. The molecule has 5 rings (SSSR count). The summed E-state index contributed by atoms with van der Waals surface area (Å²) in [7, 11) is 0. The molecule has 2 amide bonds. The van der Waals surface area contributed by atoms with Gasteiger partial charge in [0.15, 0.2) is 11.6 Å². The van der Waals surface area contributed by atoms with E-state index in [0.717, 1.165) is 5.57 Å². The number of benzene rings is 1. The zero-order valence-corrected chi connectivity index (χ0v) is 18.1. The number of carbonyl (C=O) groups is 4. The van der Waals surface area contributed by atoms with E-state index in [2.05, 4.69) is 0 Å². The number of aromatic hydroxyl groups is 1. The second-order valence-corrected chi connectivity index (χ2v) is 9.12. The number of rotatable bonds is 3. The fourth-order valence-corrected chi connectivity index (χ4v) is 5.96. The van der Waals surface area contributed by atoms with Crippen molar-refractivity contribution in [3.05, 3.63) is 64.3 Å². The van der Waals surface area contributed by atoms with E-state index in [4.69, 9.17) is 0 Å². The van der Waals surface area contributed by atoms with Crippen LogP contribution in [0.2, 0.25) is 0 Å². The topological polar surface area (TPSA) is 91.8 Å². The monoisotopic (exact) mass is 431 g/mol. The molecule has 1 aromatic rings. The summed E-state index contributed by atoms with van der Waals surface area (Å²) < 4.78 is 0. The minimum Gasteiger partial charge on any atom is -0.508 e. The molecule has 1 saturated heterocycles. The third-order valence-electron chi connectivity index (χ3n) is 7.35. The van der Waals surface area contributed by atoms with Gasteiger partial charge in [-0.05, 0) is 44.2 Å². The molecule has 0 unspecified atom stereocenters. The molecule has 1 aliphatic heterocycles. The van der Waals surface area contributed by atoms with Gasteiger partial charge in [-0.15, -0.1) is 0 Å². The molecule has 164 valence electrons. The van der Waals surface area contributed by atoms with Crippen molar-refractivity contribution in [1.29, 1.82) is 0 Å². The summed E-state index contributed by atoms with van der Waals surface area (Å²) in [5.41, 5.74) is 2.60. The molecule has 0 aromatic heterocycles. The largest absolute Gasteiger partial charge is 0.508 e. The summed E-state index contributed by atoms with van der Waals surface area (Å²) in [6.07, 6.45) is 4.71. The van der Waals surface area contributed by atoms with Crippen LogP contribution in [0.4, 0.5) is 0 Å². The highest BCUT2D eigenvalue weighted by Gasteiger charge is 2.56. The van der Waals surface area contributed by atoms with Crippen LogP contribution < -0.4 is 0 Å². The lowest BCUT2D eigenvalue weighted by Gasteiger charge is -2.42. The Kier molecular flexibility index (Phi) is 4.77. The number of allylic oxidation sites excluding steroid dienone is 6. The van der Waals surface area contributed by atoms with Crippen LogP contribution in [0.1, 0.15) is 44.6 Å². The lowest BCUT2D eigenvalue weighted by atomic mass is 9.59. The maximum absolute atomic E-state index is 13.3. The number of nitrogens with zero attached hydrogens (tertiary/aromatic N) is 1. The van der Waals surface area contributed by atoms with E-state index in [1.165, 1.54) is 11.0 Å². The van der Waals surface area contributed by atoms with Gasteiger partial charge < -0.3 is 5.11 Å². The number of para-hydroxylation sites is 1. The Hall–Kier alpha value is -3.28. The van der Waals surface area contributed by atoms with Crippen molar-refractivity contribution in [3.63, 3.8) is 0 Å². The van der Waals surface area contributed by atoms with E-state index in [-0.39, 0.29) is 41.5 Å². The first-order valence-corrected chi connectivity index (χ1v) is 11.2. The summed E-state index contributed by atoms with van der Waals surface area (Å²) in [4.78, 5) is 53.9. The minimum atomic E-state index is -0.603. The fourth-order valence-electron chi connectivity index (χ4n) is 5.96. The summed E-state index contributed by atoms with van der Waals surface area (Å²) in [5.74, 6) is -2.61. The lowest BCUT2D eigenvalue weighted by Crippen LogP contribution is -2.39. The molecule has 1 fully saturated rings. The van der Waals surface area contributed by atoms with Gasteiger partial charge in [-0.1, -0.05) is 36.8 Å². The zero-order valence-electron chi connectivity index (χ0n) is 18.1. The molecule has 0 spiro atoms. The average Bonchev–Trinajstić information content (AvgIpc) is 3.02. The third-order valence-corrected chi connectivity index (χ3v) is 7.35. The fraction of sp³-hybridized carbons (Fsp3) is 0.385. The van der Waals surface area contributed by atoms with E-state index in [1.807, 2.05) is 13.0 Å². The van der Waals surface area contributed by atoms with Gasteiger partial charge >= 0.3 is 0 Å². The Bertz CT molecular complexity index is 1170. The number of imide groups is 1. The molecule has 4 atom stereocenters. The Morgan fingerprint density at radius 2 is 1.81 bits per heavy atom. The van der Waals surface area contributed by atoms with Gasteiger partial charge in [0.2, 0.25) is 11.8 Å². The van der Waals surface area contributed by atoms with Crippen LogP contribution in [0.5, 0.6) is 5.75 Å². The first-order valence-electron chi connectivity index (χ1n) is 11.2. The van der Waals surface area contributed by atoms with Gasteiger partial charge in [-0.25, -0.2) is 0 Å². The van der Waals surface area contributed by atoms with Crippen molar-refractivity contribution < 1.29 is 24.3 Å². The maximum Gasteiger partial charge on any atom is 0.233 e. The number of phenolic OH excluding ortho intramolecular Hbond substituents is 1. The molecule has 1 aromatic carbocycles. The average molecular weight is 431 g/mol. The van der Waals surface area contributed by atoms with E-state index in [0.29, 0.717) is 41.7 Å². The predicted octanol–water partition coefficient (Wildman–Crippen LogP) is 3.23. The van der Waals surface area contributed by atoms with Crippen LogP contribution in [-0.2, 0) is 19.2 Å². The number of hydrogen-bond acceptors (Lipinski definition) is 5. The van der Waals surface area contributed by atoms with Crippen molar-refractivity contribution in [1.82, 2.24) is 4.90 Å². The van der Waals surface area contributed by atoms with Gasteiger partial charge in [-0.2, -0.15) is 0 Å². The van der Waals surface area contributed by atoms with Crippen molar-refractivity contribution in [2.24, 2.45) is 17.8 Å². The number of likely N-dealkylation sites (tertiary alicyclic amines) is 1. The molecule has 6 nitrogen and oxygen atoms in total. The quantitative estimate of drug-likeness (QED) is 0.451. The molecule has 0 bridgehead atoms. The third kappa shape index (κ3) is 2.78. The maximum atomic E-state index is 13.3. The SMILES string of the molecule is CCCN1C(=O)[C@H]2[C@H](CC=C3[C@H](c4ccccc4O)C4=C(C[C@H]32)C(=O)C=C(C)C4=O)C1=O. The highest BCUT2D eigenvalue weighted by molar-refractivity contribution is 6.23.